The van der Waals surface area contributed by atoms with Gasteiger partial charge in [-0.15, -0.1) is 0 Å². The number of hydrogen-bond acceptors (Lipinski definition) is 3. The number of aromatic nitrogens is 4. The van der Waals surface area contributed by atoms with Gasteiger partial charge in [0.05, 0.1) is 23.4 Å². The molecule has 2 aromatic heterocycles. The van der Waals surface area contributed by atoms with Crippen molar-refractivity contribution in [2.45, 2.75) is 12.5 Å². The molecule has 1 amide bonds. The largest absolute Gasteiger partial charge is 0.345 e. The fourth-order valence-corrected chi connectivity index (χ4v) is 2.89. The van der Waals surface area contributed by atoms with Gasteiger partial charge in [0.2, 0.25) is 0 Å². The molecule has 1 saturated heterocycles. The van der Waals surface area contributed by atoms with Crippen molar-refractivity contribution in [3.8, 4) is 0 Å². The Hall–Kier alpha value is -2.63. The molecule has 6 heteroatoms. The van der Waals surface area contributed by atoms with Crippen LogP contribution in [0.4, 0.5) is 0 Å². The first-order valence-corrected chi connectivity index (χ1v) is 7.03. The minimum Gasteiger partial charge on any atom is -0.345 e. The molecule has 0 saturated carbocycles. The molecule has 6 nitrogen and oxygen atoms in total. The van der Waals surface area contributed by atoms with Crippen molar-refractivity contribution in [3.05, 3.63) is 48.5 Å². The number of carbonyl (C=O) groups is 1. The highest BCUT2D eigenvalue weighted by atomic mass is 16.2. The molecule has 3 heterocycles. The van der Waals surface area contributed by atoms with Crippen LogP contribution in [-0.4, -0.2) is 43.6 Å². The summed E-state index contributed by atoms with van der Waals surface area (Å²) in [6, 6.07) is 7.77. The number of nitrogens with zero attached hydrogens (tertiary/aromatic N) is 4. The van der Waals surface area contributed by atoms with Crippen LogP contribution in [0.1, 0.15) is 22.8 Å². The molecule has 1 atom stereocenters. The second kappa shape index (κ2) is 4.73. The Morgan fingerprint density at radius 1 is 1.38 bits per heavy atom. The van der Waals surface area contributed by atoms with E-state index in [2.05, 4.69) is 15.1 Å². The number of H-pyrrole nitrogens is 1. The van der Waals surface area contributed by atoms with Crippen LogP contribution < -0.4 is 0 Å². The lowest BCUT2D eigenvalue weighted by Gasteiger charge is -2.16. The number of imidazole rings is 1. The summed E-state index contributed by atoms with van der Waals surface area (Å²) in [5, 5.41) is 4.26. The molecule has 0 spiro atoms. The van der Waals surface area contributed by atoms with Gasteiger partial charge in [-0.1, -0.05) is 0 Å². The number of benzene rings is 1. The van der Waals surface area contributed by atoms with E-state index in [4.69, 9.17) is 0 Å². The normalized spacial score (nSPS) is 18.5. The van der Waals surface area contributed by atoms with Crippen molar-refractivity contribution in [1.29, 1.82) is 0 Å². The zero-order valence-electron chi connectivity index (χ0n) is 11.4. The third kappa shape index (κ3) is 2.08. The number of nitrogens with one attached hydrogen (secondary N) is 1. The predicted octanol–water partition coefficient (Wildman–Crippen LogP) is 1.85. The second-order valence-electron chi connectivity index (χ2n) is 5.31. The molecule has 0 aliphatic carbocycles. The number of rotatable bonds is 2. The highest BCUT2D eigenvalue weighted by Crippen LogP contribution is 2.23. The third-order valence-corrected chi connectivity index (χ3v) is 4.02. The molecule has 1 N–H and O–H groups in total. The van der Waals surface area contributed by atoms with Gasteiger partial charge >= 0.3 is 0 Å². The van der Waals surface area contributed by atoms with Crippen molar-refractivity contribution < 1.29 is 4.79 Å². The summed E-state index contributed by atoms with van der Waals surface area (Å²) in [5.41, 5.74) is 2.47. The van der Waals surface area contributed by atoms with Crippen LogP contribution in [-0.2, 0) is 0 Å². The molecule has 4 rings (SSSR count). The number of aromatic amines is 1. The molecule has 1 aliphatic rings. The van der Waals surface area contributed by atoms with E-state index in [0.717, 1.165) is 24.0 Å². The predicted molar refractivity (Wildman–Crippen MR) is 77.9 cm³/mol. The van der Waals surface area contributed by atoms with E-state index in [-0.39, 0.29) is 11.9 Å². The minimum atomic E-state index is 0.0705. The maximum Gasteiger partial charge on any atom is 0.254 e. The first kappa shape index (κ1) is 12.1. The molecule has 1 aliphatic heterocycles. The summed E-state index contributed by atoms with van der Waals surface area (Å²) >= 11 is 0. The third-order valence-electron chi connectivity index (χ3n) is 4.02. The maximum atomic E-state index is 12.6. The van der Waals surface area contributed by atoms with Crippen LogP contribution in [0.15, 0.2) is 43.0 Å². The Kier molecular flexibility index (Phi) is 2.73. The molecular formula is C15H15N5O. The topological polar surface area (TPSA) is 66.8 Å². The van der Waals surface area contributed by atoms with Crippen molar-refractivity contribution in [3.63, 3.8) is 0 Å². The zero-order chi connectivity index (χ0) is 14.2. The van der Waals surface area contributed by atoms with E-state index in [0.29, 0.717) is 12.1 Å². The lowest BCUT2D eigenvalue weighted by Crippen LogP contribution is -2.29. The van der Waals surface area contributed by atoms with Gasteiger partial charge < -0.3 is 9.88 Å². The summed E-state index contributed by atoms with van der Waals surface area (Å²) in [7, 11) is 0. The molecule has 21 heavy (non-hydrogen) atoms. The van der Waals surface area contributed by atoms with Crippen LogP contribution >= 0.6 is 0 Å². The summed E-state index contributed by atoms with van der Waals surface area (Å²) < 4.78 is 1.94. The Morgan fingerprint density at radius 2 is 2.33 bits per heavy atom. The van der Waals surface area contributed by atoms with E-state index >= 15 is 0 Å². The summed E-state index contributed by atoms with van der Waals surface area (Å²) in [6.45, 7) is 1.48. The number of hydrogen-bond donors (Lipinski definition) is 1. The van der Waals surface area contributed by atoms with Gasteiger partial charge in [-0.3, -0.25) is 9.48 Å². The van der Waals surface area contributed by atoms with Crippen molar-refractivity contribution in [2.75, 3.05) is 13.1 Å². The van der Waals surface area contributed by atoms with Gasteiger partial charge in [-0.25, -0.2) is 4.98 Å². The molecule has 1 aromatic carbocycles. The minimum absolute atomic E-state index is 0.0705. The zero-order valence-corrected chi connectivity index (χ0v) is 11.4. The maximum absolute atomic E-state index is 12.6. The number of fused-ring (bicyclic) bond motifs is 1. The second-order valence-corrected chi connectivity index (χ2v) is 5.31. The van der Waals surface area contributed by atoms with E-state index in [1.54, 1.807) is 12.5 Å². The monoisotopic (exact) mass is 281 g/mol. The van der Waals surface area contributed by atoms with Crippen molar-refractivity contribution >= 4 is 16.9 Å². The Balaban J connectivity index is 1.55. The molecule has 1 unspecified atom stereocenters. The van der Waals surface area contributed by atoms with Gasteiger partial charge in [0, 0.05) is 31.0 Å². The van der Waals surface area contributed by atoms with E-state index < -0.39 is 0 Å². The molecule has 3 aromatic rings. The lowest BCUT2D eigenvalue weighted by molar-refractivity contribution is 0.0787. The Labute approximate surface area is 121 Å². The Bertz CT molecular complexity index is 776. The lowest BCUT2D eigenvalue weighted by atomic mass is 10.2. The number of carbonyl (C=O) groups excluding carboxylic acids is 1. The number of likely N-dealkylation sites (tertiary alicyclic amines) is 1. The summed E-state index contributed by atoms with van der Waals surface area (Å²) in [4.78, 5) is 21.7. The number of amides is 1. The molecular weight excluding hydrogens is 266 g/mol. The smallest absolute Gasteiger partial charge is 0.254 e. The fourth-order valence-electron chi connectivity index (χ4n) is 2.89. The van der Waals surface area contributed by atoms with Crippen LogP contribution in [0.3, 0.4) is 0 Å². The first-order valence-electron chi connectivity index (χ1n) is 7.03. The standard InChI is InChI=1S/C15H15N5O/c21-15(11-2-3-13-14(8-11)17-10-16-13)19-7-4-12(9-19)20-6-1-5-18-20/h1-3,5-6,8,10,12H,4,7,9H2,(H,16,17). The SMILES string of the molecule is O=C(c1ccc2nc[nH]c2c1)N1CCC(n2cccn2)C1. The summed E-state index contributed by atoms with van der Waals surface area (Å²) in [6.07, 6.45) is 6.31. The average molecular weight is 281 g/mol. The Morgan fingerprint density at radius 3 is 3.19 bits per heavy atom. The highest BCUT2D eigenvalue weighted by Gasteiger charge is 2.28. The average Bonchev–Trinajstić information content (AvgIpc) is 3.24. The van der Waals surface area contributed by atoms with Gasteiger partial charge in [-0.2, -0.15) is 5.10 Å². The van der Waals surface area contributed by atoms with Crippen molar-refractivity contribution in [1.82, 2.24) is 24.6 Å². The van der Waals surface area contributed by atoms with Gasteiger partial charge in [0.25, 0.3) is 5.91 Å². The molecule has 0 radical (unpaired) electrons. The molecule has 1 fully saturated rings. The molecule has 106 valence electrons. The van der Waals surface area contributed by atoms with Gasteiger partial charge in [-0.05, 0) is 30.7 Å². The van der Waals surface area contributed by atoms with Gasteiger partial charge in [0.15, 0.2) is 0 Å². The van der Waals surface area contributed by atoms with E-state index in [1.807, 2.05) is 40.0 Å². The van der Waals surface area contributed by atoms with E-state index in [1.165, 1.54) is 0 Å². The quantitative estimate of drug-likeness (QED) is 0.779. The van der Waals surface area contributed by atoms with Crippen LogP contribution in [0.2, 0.25) is 0 Å². The van der Waals surface area contributed by atoms with Crippen LogP contribution in [0.5, 0.6) is 0 Å². The van der Waals surface area contributed by atoms with E-state index in [9.17, 15) is 4.79 Å². The van der Waals surface area contributed by atoms with Crippen LogP contribution in [0.25, 0.3) is 11.0 Å². The summed E-state index contributed by atoms with van der Waals surface area (Å²) in [5.74, 6) is 0.0705. The van der Waals surface area contributed by atoms with Crippen LogP contribution in [0, 0.1) is 0 Å². The fraction of sp³-hybridized carbons (Fsp3) is 0.267. The van der Waals surface area contributed by atoms with Gasteiger partial charge in [0.1, 0.15) is 0 Å². The highest BCUT2D eigenvalue weighted by molar-refractivity contribution is 5.97. The van der Waals surface area contributed by atoms with Crippen molar-refractivity contribution in [2.24, 2.45) is 0 Å². The first-order chi connectivity index (χ1) is 10.3. The molecule has 0 bridgehead atoms.